The molecule has 0 aliphatic rings. The second kappa shape index (κ2) is 5.16. The Morgan fingerprint density at radius 2 is 2.25 bits per heavy atom. The van der Waals surface area contributed by atoms with E-state index in [1.165, 1.54) is 16.8 Å². The monoisotopic (exact) mass is 275 g/mol. The van der Waals surface area contributed by atoms with Gasteiger partial charge in [0.2, 0.25) is 0 Å². The van der Waals surface area contributed by atoms with Crippen molar-refractivity contribution in [1.29, 1.82) is 0 Å². The van der Waals surface area contributed by atoms with E-state index in [2.05, 4.69) is 10.1 Å². The molecule has 6 heteroatoms. The van der Waals surface area contributed by atoms with Crippen LogP contribution in [0.15, 0.2) is 36.8 Å². The molecule has 5 nitrogen and oxygen atoms in total. The predicted molar refractivity (Wildman–Crippen MR) is 73.8 cm³/mol. The van der Waals surface area contributed by atoms with Gasteiger partial charge in [0.05, 0.1) is 6.20 Å². The number of carboxylic acids is 1. The summed E-state index contributed by atoms with van der Waals surface area (Å²) in [6.07, 6.45) is 5.00. The van der Waals surface area contributed by atoms with Gasteiger partial charge in [-0.05, 0) is 18.2 Å². The Morgan fingerprint density at radius 1 is 1.45 bits per heavy atom. The maximum absolute atomic E-state index is 13.1. The summed E-state index contributed by atoms with van der Waals surface area (Å²) < 4.78 is 14.4. The van der Waals surface area contributed by atoms with Crippen molar-refractivity contribution >= 4 is 16.9 Å². The van der Waals surface area contributed by atoms with Crippen molar-refractivity contribution in [3.63, 3.8) is 0 Å². The average Bonchev–Trinajstić information content (AvgIpc) is 2.93. The van der Waals surface area contributed by atoms with Crippen molar-refractivity contribution in [2.45, 2.75) is 14.0 Å². The number of aromatic amines is 1. The second-order valence-corrected chi connectivity index (χ2v) is 4.21. The highest BCUT2D eigenvalue weighted by molar-refractivity contribution is 5.95. The van der Waals surface area contributed by atoms with Crippen LogP contribution in [0.25, 0.3) is 22.0 Å². The highest BCUT2D eigenvalue weighted by Crippen LogP contribution is 2.28. The summed E-state index contributed by atoms with van der Waals surface area (Å²) in [5.41, 5.74) is 2.35. The molecule has 0 saturated heterocycles. The van der Waals surface area contributed by atoms with Crippen molar-refractivity contribution in [2.24, 2.45) is 0 Å². The molecule has 0 radical (unpaired) electrons. The molecule has 104 valence electrons. The number of fused-ring (bicyclic) bond motifs is 1. The first-order valence-electron chi connectivity index (χ1n) is 5.65. The van der Waals surface area contributed by atoms with Gasteiger partial charge < -0.3 is 10.1 Å². The molecule has 0 amide bonds. The summed E-state index contributed by atoms with van der Waals surface area (Å²) in [5, 5.41) is 13.6. The van der Waals surface area contributed by atoms with Crippen molar-refractivity contribution in [2.75, 3.05) is 0 Å². The highest BCUT2D eigenvalue weighted by Gasteiger charge is 2.09. The first kappa shape index (κ1) is 13.8. The Hall–Kier alpha value is -2.63. The molecule has 0 bridgehead atoms. The molecule has 0 saturated carbocycles. The minimum Gasteiger partial charge on any atom is -0.480 e. The molecule has 0 unspecified atom stereocenters. The zero-order valence-corrected chi connectivity index (χ0v) is 9.80. The lowest BCUT2D eigenvalue weighted by molar-refractivity contribution is -0.137. The fourth-order valence-corrected chi connectivity index (χ4v) is 2.06. The molecule has 0 aliphatic carbocycles. The van der Waals surface area contributed by atoms with Crippen molar-refractivity contribution in [1.82, 2.24) is 14.8 Å². The van der Waals surface area contributed by atoms with Crippen molar-refractivity contribution < 1.29 is 14.3 Å². The van der Waals surface area contributed by atoms with Gasteiger partial charge in [0.25, 0.3) is 0 Å². The van der Waals surface area contributed by atoms with E-state index < -0.39 is 5.97 Å². The van der Waals surface area contributed by atoms with Crippen LogP contribution in [-0.2, 0) is 11.3 Å². The van der Waals surface area contributed by atoms with E-state index in [4.69, 9.17) is 5.11 Å². The predicted octanol–water partition coefficient (Wildman–Crippen LogP) is 2.89. The van der Waals surface area contributed by atoms with Gasteiger partial charge >= 0.3 is 5.97 Å². The molecule has 3 rings (SSSR count). The average molecular weight is 275 g/mol. The maximum Gasteiger partial charge on any atom is 0.325 e. The fraction of sp³-hybridized carbons (Fsp3) is 0.143. The minimum absolute atomic E-state index is 0. The molecule has 0 fully saturated rings. The third-order valence-electron chi connectivity index (χ3n) is 2.89. The lowest BCUT2D eigenvalue weighted by Crippen LogP contribution is -2.08. The van der Waals surface area contributed by atoms with Gasteiger partial charge in [-0.2, -0.15) is 5.10 Å². The number of H-pyrrole nitrogens is 1. The zero-order valence-electron chi connectivity index (χ0n) is 9.80. The summed E-state index contributed by atoms with van der Waals surface area (Å²) in [5.74, 6) is -1.25. The van der Waals surface area contributed by atoms with Gasteiger partial charge in [0, 0.05) is 34.4 Å². The van der Waals surface area contributed by atoms with Gasteiger partial charge in [-0.1, -0.05) is 7.43 Å². The van der Waals surface area contributed by atoms with Gasteiger partial charge in [0.1, 0.15) is 12.4 Å². The number of halogens is 1. The van der Waals surface area contributed by atoms with Crippen LogP contribution in [0.5, 0.6) is 0 Å². The van der Waals surface area contributed by atoms with Gasteiger partial charge in [-0.25, -0.2) is 4.39 Å². The molecule has 2 N–H and O–H groups in total. The molecule has 3 aromatic rings. The number of aliphatic carboxylic acids is 1. The van der Waals surface area contributed by atoms with E-state index in [1.807, 2.05) is 0 Å². The van der Waals surface area contributed by atoms with Crippen LogP contribution in [0.1, 0.15) is 7.43 Å². The molecule has 2 aromatic heterocycles. The van der Waals surface area contributed by atoms with Gasteiger partial charge in [-0.15, -0.1) is 0 Å². The Bertz CT molecular complexity index is 761. The van der Waals surface area contributed by atoms with Gasteiger partial charge in [-0.3, -0.25) is 9.48 Å². The Labute approximate surface area is 114 Å². The van der Waals surface area contributed by atoms with E-state index in [1.54, 1.807) is 24.7 Å². The van der Waals surface area contributed by atoms with E-state index in [-0.39, 0.29) is 19.8 Å². The third kappa shape index (κ3) is 2.40. The van der Waals surface area contributed by atoms with E-state index in [0.29, 0.717) is 5.52 Å². The number of nitrogens with one attached hydrogen (secondary N) is 1. The number of hydrogen-bond donors (Lipinski definition) is 2. The largest absolute Gasteiger partial charge is 0.480 e. The van der Waals surface area contributed by atoms with Crippen LogP contribution in [0.4, 0.5) is 4.39 Å². The Kier molecular flexibility index (Phi) is 3.56. The number of carboxylic acid groups (broad SMARTS) is 1. The summed E-state index contributed by atoms with van der Waals surface area (Å²) in [6.45, 7) is -0.184. The quantitative estimate of drug-likeness (QED) is 0.772. The standard InChI is InChI=1S/C13H10FN3O2.CH4/c14-9-1-2-10-11(5-15-12(10)3-9)8-4-16-17(6-8)7-13(18)19;/h1-6,15H,7H2,(H,18,19);1H4. The Balaban J connectivity index is 0.00000147. The van der Waals surface area contributed by atoms with Crippen LogP contribution in [0.3, 0.4) is 0 Å². The number of benzene rings is 1. The first-order chi connectivity index (χ1) is 9.13. The summed E-state index contributed by atoms with van der Waals surface area (Å²) in [7, 11) is 0. The molecule has 0 aliphatic heterocycles. The van der Waals surface area contributed by atoms with Crippen LogP contribution in [0.2, 0.25) is 0 Å². The molecule has 1 aromatic carbocycles. The molecular formula is C14H14FN3O2. The molecule has 20 heavy (non-hydrogen) atoms. The Morgan fingerprint density at radius 3 is 3.00 bits per heavy atom. The summed E-state index contributed by atoms with van der Waals surface area (Å²) in [4.78, 5) is 13.6. The SMILES string of the molecule is C.O=C(O)Cn1cc(-c2c[nH]c3cc(F)ccc23)cn1. The maximum atomic E-state index is 13.1. The molecular weight excluding hydrogens is 261 g/mol. The lowest BCUT2D eigenvalue weighted by Gasteiger charge is -1.95. The lowest BCUT2D eigenvalue weighted by atomic mass is 10.1. The number of carbonyl (C=O) groups is 1. The normalized spacial score (nSPS) is 10.4. The van der Waals surface area contributed by atoms with E-state index in [0.717, 1.165) is 16.5 Å². The van der Waals surface area contributed by atoms with Crippen LogP contribution >= 0.6 is 0 Å². The number of nitrogens with zero attached hydrogens (tertiary/aromatic N) is 2. The zero-order chi connectivity index (χ0) is 13.4. The summed E-state index contributed by atoms with van der Waals surface area (Å²) in [6, 6.07) is 4.49. The summed E-state index contributed by atoms with van der Waals surface area (Å²) >= 11 is 0. The second-order valence-electron chi connectivity index (χ2n) is 4.21. The van der Waals surface area contributed by atoms with Crippen molar-refractivity contribution in [3.8, 4) is 11.1 Å². The first-order valence-corrected chi connectivity index (χ1v) is 5.65. The fourth-order valence-electron chi connectivity index (χ4n) is 2.06. The molecule has 0 spiro atoms. The van der Waals surface area contributed by atoms with Gasteiger partial charge in [0.15, 0.2) is 0 Å². The van der Waals surface area contributed by atoms with E-state index in [9.17, 15) is 9.18 Å². The van der Waals surface area contributed by atoms with Crippen LogP contribution < -0.4 is 0 Å². The molecule has 0 atom stereocenters. The minimum atomic E-state index is -0.948. The van der Waals surface area contributed by atoms with Crippen LogP contribution in [0, 0.1) is 5.82 Å². The van der Waals surface area contributed by atoms with Crippen LogP contribution in [-0.4, -0.2) is 25.8 Å². The third-order valence-corrected chi connectivity index (χ3v) is 2.89. The van der Waals surface area contributed by atoms with Crippen molar-refractivity contribution in [3.05, 3.63) is 42.6 Å². The molecule has 2 heterocycles. The van der Waals surface area contributed by atoms with E-state index >= 15 is 0 Å². The highest BCUT2D eigenvalue weighted by atomic mass is 19.1. The number of hydrogen-bond acceptors (Lipinski definition) is 2. The smallest absolute Gasteiger partial charge is 0.325 e. The number of aromatic nitrogens is 3. The topological polar surface area (TPSA) is 70.9 Å². The number of rotatable bonds is 3.